The Kier molecular flexibility index (Phi) is 2.53. The fourth-order valence-electron chi connectivity index (χ4n) is 1.52. The van der Waals surface area contributed by atoms with Gasteiger partial charge >= 0.3 is 5.90 Å². The smallest absolute Gasteiger partial charge is 0.368 e. The molecule has 0 saturated carbocycles. The van der Waals surface area contributed by atoms with E-state index in [-0.39, 0.29) is 0 Å². The lowest BCUT2D eigenvalue weighted by molar-refractivity contribution is -0.490. The normalized spacial score (nSPS) is 26.6. The van der Waals surface area contributed by atoms with E-state index in [1.807, 2.05) is 18.2 Å². The summed E-state index contributed by atoms with van der Waals surface area (Å²) >= 11 is 0. The van der Waals surface area contributed by atoms with E-state index < -0.39 is 0 Å². The van der Waals surface area contributed by atoms with Gasteiger partial charge in [0, 0.05) is 0 Å². The monoisotopic (exact) mass is 190 g/mol. The van der Waals surface area contributed by atoms with Gasteiger partial charge in [-0.2, -0.15) is 0 Å². The van der Waals surface area contributed by atoms with Gasteiger partial charge in [0.2, 0.25) is 0 Å². The molecule has 0 radical (unpaired) electrons. The van der Waals surface area contributed by atoms with Crippen LogP contribution in [0.25, 0.3) is 0 Å². The standard InChI is InChI=1S/C12H15NO/c1-9-8-13-12(14-10(9)2)11-6-4-3-5-7-11/h3-7,9-10H,8H2,1-2H3/p+1/t9-,10-/m0/s1. The van der Waals surface area contributed by atoms with E-state index in [4.69, 9.17) is 4.74 Å². The molecule has 0 amide bonds. The van der Waals surface area contributed by atoms with E-state index in [0.29, 0.717) is 12.0 Å². The lowest BCUT2D eigenvalue weighted by atomic mass is 10.1. The minimum absolute atomic E-state index is 0.298. The first-order chi connectivity index (χ1) is 6.77. The van der Waals surface area contributed by atoms with Crippen molar-refractivity contribution in [1.82, 2.24) is 0 Å². The minimum Gasteiger partial charge on any atom is -0.441 e. The summed E-state index contributed by atoms with van der Waals surface area (Å²) in [5.41, 5.74) is 1.13. The molecule has 0 aromatic heterocycles. The highest BCUT2D eigenvalue weighted by molar-refractivity contribution is 5.89. The van der Waals surface area contributed by atoms with Crippen molar-refractivity contribution in [1.29, 1.82) is 0 Å². The summed E-state index contributed by atoms with van der Waals surface area (Å²) in [7, 11) is 0. The molecule has 2 heteroatoms. The molecule has 1 aromatic rings. The topological polar surface area (TPSA) is 23.2 Å². The maximum atomic E-state index is 5.79. The zero-order chi connectivity index (χ0) is 9.97. The highest BCUT2D eigenvalue weighted by Crippen LogP contribution is 2.10. The molecule has 0 fully saturated rings. The van der Waals surface area contributed by atoms with Gasteiger partial charge in [0.25, 0.3) is 0 Å². The molecule has 2 rings (SSSR count). The van der Waals surface area contributed by atoms with Crippen LogP contribution in [0.4, 0.5) is 0 Å². The van der Waals surface area contributed by atoms with Crippen LogP contribution in [-0.2, 0) is 4.74 Å². The van der Waals surface area contributed by atoms with Crippen LogP contribution >= 0.6 is 0 Å². The van der Waals surface area contributed by atoms with Gasteiger partial charge in [0.1, 0.15) is 6.10 Å². The molecule has 0 spiro atoms. The molecule has 0 saturated heterocycles. The van der Waals surface area contributed by atoms with Crippen LogP contribution in [0.1, 0.15) is 19.4 Å². The first-order valence-corrected chi connectivity index (χ1v) is 5.10. The summed E-state index contributed by atoms with van der Waals surface area (Å²) < 4.78 is 5.79. The summed E-state index contributed by atoms with van der Waals surface area (Å²) in [6, 6.07) is 10.2. The Morgan fingerprint density at radius 3 is 2.57 bits per heavy atom. The molecule has 2 nitrogen and oxygen atoms in total. The maximum Gasteiger partial charge on any atom is 0.368 e. The first-order valence-electron chi connectivity index (χ1n) is 5.10. The van der Waals surface area contributed by atoms with Crippen molar-refractivity contribution in [2.75, 3.05) is 6.54 Å². The molecule has 1 N–H and O–H groups in total. The van der Waals surface area contributed by atoms with E-state index in [1.54, 1.807) is 0 Å². The van der Waals surface area contributed by atoms with Crippen molar-refractivity contribution in [2.45, 2.75) is 20.0 Å². The second-order valence-corrected chi connectivity index (χ2v) is 3.88. The van der Waals surface area contributed by atoms with Gasteiger partial charge in [-0.3, -0.25) is 0 Å². The van der Waals surface area contributed by atoms with Crippen LogP contribution in [0.5, 0.6) is 0 Å². The summed E-state index contributed by atoms with van der Waals surface area (Å²) in [5, 5.41) is 0. The van der Waals surface area contributed by atoms with Crippen LogP contribution in [0.3, 0.4) is 0 Å². The number of hydrogen-bond acceptors (Lipinski definition) is 1. The number of hydrogen-bond donors (Lipinski definition) is 1. The van der Waals surface area contributed by atoms with E-state index in [2.05, 4.69) is 31.0 Å². The molecule has 14 heavy (non-hydrogen) atoms. The molecular weight excluding hydrogens is 174 g/mol. The average Bonchev–Trinajstić information content (AvgIpc) is 2.23. The van der Waals surface area contributed by atoms with Crippen LogP contribution in [0.2, 0.25) is 0 Å². The highest BCUT2D eigenvalue weighted by atomic mass is 16.5. The van der Waals surface area contributed by atoms with E-state index in [9.17, 15) is 0 Å². The van der Waals surface area contributed by atoms with Crippen LogP contribution in [0, 0.1) is 5.92 Å². The van der Waals surface area contributed by atoms with Gasteiger partial charge in [-0.15, -0.1) is 0 Å². The predicted octanol–water partition coefficient (Wildman–Crippen LogP) is 0.569. The third kappa shape index (κ3) is 1.79. The summed E-state index contributed by atoms with van der Waals surface area (Å²) in [5.74, 6) is 1.48. The Labute approximate surface area is 84.6 Å². The largest absolute Gasteiger partial charge is 0.441 e. The lowest BCUT2D eigenvalue weighted by Crippen LogP contribution is -2.79. The SMILES string of the molecule is C[C@@H]1OC(c2ccccc2)=[NH+]C[C@@H]1C. The van der Waals surface area contributed by atoms with Crippen LogP contribution < -0.4 is 4.99 Å². The molecule has 1 aromatic carbocycles. The molecule has 1 aliphatic heterocycles. The molecule has 0 bridgehead atoms. The molecule has 74 valence electrons. The molecule has 0 aliphatic carbocycles. The van der Waals surface area contributed by atoms with Gasteiger partial charge in [-0.25, -0.2) is 4.99 Å². The number of nitrogens with one attached hydrogen (secondary N) is 1. The van der Waals surface area contributed by atoms with Crippen molar-refractivity contribution < 1.29 is 9.73 Å². The van der Waals surface area contributed by atoms with Crippen molar-refractivity contribution in [3.8, 4) is 0 Å². The van der Waals surface area contributed by atoms with Gasteiger partial charge in [-0.1, -0.05) is 25.1 Å². The first kappa shape index (κ1) is 9.25. The number of benzene rings is 1. The number of ether oxygens (including phenoxy) is 1. The predicted molar refractivity (Wildman–Crippen MR) is 56.1 cm³/mol. The van der Waals surface area contributed by atoms with Gasteiger partial charge in [0.15, 0.2) is 6.54 Å². The third-order valence-electron chi connectivity index (χ3n) is 2.73. The average molecular weight is 190 g/mol. The van der Waals surface area contributed by atoms with Gasteiger partial charge in [-0.05, 0) is 19.1 Å². The van der Waals surface area contributed by atoms with Crippen LogP contribution in [-0.4, -0.2) is 18.5 Å². The molecular formula is C12H16NO+. The Morgan fingerprint density at radius 1 is 1.21 bits per heavy atom. The minimum atomic E-state index is 0.298. The van der Waals surface area contributed by atoms with Gasteiger partial charge in [0.05, 0.1) is 11.5 Å². The molecule has 0 unspecified atom stereocenters. The van der Waals surface area contributed by atoms with E-state index in [1.165, 1.54) is 0 Å². The third-order valence-corrected chi connectivity index (χ3v) is 2.73. The Morgan fingerprint density at radius 2 is 1.93 bits per heavy atom. The summed E-state index contributed by atoms with van der Waals surface area (Å²) in [6.07, 6.45) is 0.298. The maximum absolute atomic E-state index is 5.79. The van der Waals surface area contributed by atoms with Crippen molar-refractivity contribution in [3.05, 3.63) is 35.9 Å². The zero-order valence-electron chi connectivity index (χ0n) is 8.66. The lowest BCUT2D eigenvalue weighted by Gasteiger charge is -2.21. The molecule has 2 atom stereocenters. The van der Waals surface area contributed by atoms with Crippen molar-refractivity contribution >= 4 is 5.90 Å². The molecule has 1 heterocycles. The van der Waals surface area contributed by atoms with Gasteiger partial charge < -0.3 is 4.74 Å². The summed E-state index contributed by atoms with van der Waals surface area (Å²) in [6.45, 7) is 5.30. The fourth-order valence-corrected chi connectivity index (χ4v) is 1.52. The van der Waals surface area contributed by atoms with Crippen molar-refractivity contribution in [3.63, 3.8) is 0 Å². The van der Waals surface area contributed by atoms with Crippen molar-refractivity contribution in [2.24, 2.45) is 5.92 Å². The van der Waals surface area contributed by atoms with E-state index >= 15 is 0 Å². The highest BCUT2D eigenvalue weighted by Gasteiger charge is 2.26. The quantitative estimate of drug-likeness (QED) is 0.687. The Hall–Kier alpha value is -1.31. The zero-order valence-corrected chi connectivity index (χ0v) is 8.66. The molecule has 1 aliphatic rings. The van der Waals surface area contributed by atoms with Crippen LogP contribution in [0.15, 0.2) is 30.3 Å². The fraction of sp³-hybridized carbons (Fsp3) is 0.417. The second kappa shape index (κ2) is 3.82. The Bertz CT molecular complexity index is 331. The second-order valence-electron chi connectivity index (χ2n) is 3.88. The van der Waals surface area contributed by atoms with E-state index in [0.717, 1.165) is 18.0 Å². The summed E-state index contributed by atoms with van der Waals surface area (Å²) in [4.78, 5) is 3.31. The Balaban J connectivity index is 2.21. The number of rotatable bonds is 1.